The molecular formula is C24H16FN5O2S. The Bertz CT molecular complexity index is 1470. The first kappa shape index (κ1) is 20.8. The number of hydrogen-bond donors (Lipinski definition) is 0. The molecule has 0 amide bonds. The van der Waals surface area contributed by atoms with Crippen LogP contribution in [-0.2, 0) is 6.54 Å². The Morgan fingerprint density at radius 3 is 2.52 bits per heavy atom. The van der Waals surface area contributed by atoms with Crippen molar-refractivity contribution in [2.45, 2.75) is 16.6 Å². The summed E-state index contributed by atoms with van der Waals surface area (Å²) in [4.78, 5) is 15.8. The Morgan fingerprint density at radius 2 is 1.73 bits per heavy atom. The van der Waals surface area contributed by atoms with Crippen LogP contribution in [0.4, 0.5) is 10.1 Å². The van der Waals surface area contributed by atoms with Gasteiger partial charge in [0.15, 0.2) is 11.0 Å². The van der Waals surface area contributed by atoms with Crippen LogP contribution in [-0.4, -0.2) is 24.7 Å². The SMILES string of the molecule is O=[N+]([O-])c1ccc(Sc2nnc(-c3ccccc3F)n2Cc2ccccc2)c2ccncc12. The summed E-state index contributed by atoms with van der Waals surface area (Å²) in [6.07, 6.45) is 3.08. The Morgan fingerprint density at radius 1 is 0.939 bits per heavy atom. The first-order valence-electron chi connectivity index (χ1n) is 10.0. The third-order valence-electron chi connectivity index (χ3n) is 5.17. The van der Waals surface area contributed by atoms with Crippen molar-refractivity contribution in [2.24, 2.45) is 0 Å². The summed E-state index contributed by atoms with van der Waals surface area (Å²) in [7, 11) is 0. The molecule has 2 heterocycles. The molecule has 0 bridgehead atoms. The lowest BCUT2D eigenvalue weighted by molar-refractivity contribution is -0.383. The molecule has 0 radical (unpaired) electrons. The summed E-state index contributed by atoms with van der Waals surface area (Å²) in [5.41, 5.74) is 1.35. The molecule has 0 aliphatic rings. The monoisotopic (exact) mass is 457 g/mol. The lowest BCUT2D eigenvalue weighted by atomic mass is 10.1. The number of halogens is 1. The van der Waals surface area contributed by atoms with Crippen molar-refractivity contribution in [3.05, 3.63) is 107 Å². The van der Waals surface area contributed by atoms with Crippen LogP contribution in [0.5, 0.6) is 0 Å². The summed E-state index contributed by atoms with van der Waals surface area (Å²) in [6.45, 7) is 0.437. The van der Waals surface area contributed by atoms with Gasteiger partial charge in [-0.15, -0.1) is 10.2 Å². The molecule has 9 heteroatoms. The minimum absolute atomic E-state index is 0.0137. The van der Waals surface area contributed by atoms with E-state index in [0.717, 1.165) is 10.5 Å². The van der Waals surface area contributed by atoms with Crippen LogP contribution >= 0.6 is 11.8 Å². The van der Waals surface area contributed by atoms with Gasteiger partial charge in [0.25, 0.3) is 5.69 Å². The van der Waals surface area contributed by atoms with Gasteiger partial charge in [-0.25, -0.2) is 4.39 Å². The molecule has 0 N–H and O–H groups in total. The molecule has 7 nitrogen and oxygen atoms in total. The fourth-order valence-electron chi connectivity index (χ4n) is 3.61. The first-order valence-corrected chi connectivity index (χ1v) is 10.8. The van der Waals surface area contributed by atoms with Crippen LogP contribution in [0, 0.1) is 15.9 Å². The lowest BCUT2D eigenvalue weighted by Gasteiger charge is -2.12. The molecule has 0 saturated carbocycles. The standard InChI is InChI=1S/C24H16FN5O2S/c25-20-9-5-4-8-18(20)23-27-28-24(29(23)15-16-6-2-1-3-7-16)33-22-11-10-21(30(31)32)19-14-26-13-12-17(19)22/h1-14H,15H2. The molecule has 0 fully saturated rings. The summed E-state index contributed by atoms with van der Waals surface area (Å²) < 4.78 is 16.5. The van der Waals surface area contributed by atoms with Crippen LogP contribution < -0.4 is 0 Å². The largest absolute Gasteiger partial charge is 0.297 e. The second kappa shape index (κ2) is 8.79. The van der Waals surface area contributed by atoms with Crippen molar-refractivity contribution in [1.82, 2.24) is 19.7 Å². The van der Waals surface area contributed by atoms with Crippen molar-refractivity contribution in [3.8, 4) is 11.4 Å². The van der Waals surface area contributed by atoms with Crippen molar-refractivity contribution < 1.29 is 9.31 Å². The predicted molar refractivity (Wildman–Crippen MR) is 123 cm³/mol. The Hall–Kier alpha value is -4.11. The van der Waals surface area contributed by atoms with Crippen LogP contribution in [0.25, 0.3) is 22.2 Å². The summed E-state index contributed by atoms with van der Waals surface area (Å²) in [6, 6.07) is 21.1. The topological polar surface area (TPSA) is 86.7 Å². The molecule has 3 aromatic carbocycles. The maximum atomic E-state index is 14.6. The lowest BCUT2D eigenvalue weighted by Crippen LogP contribution is -2.05. The van der Waals surface area contributed by atoms with Crippen LogP contribution in [0.1, 0.15) is 5.56 Å². The van der Waals surface area contributed by atoms with E-state index in [9.17, 15) is 14.5 Å². The number of nitro benzene ring substituents is 1. The van der Waals surface area contributed by atoms with E-state index in [-0.39, 0.29) is 11.5 Å². The van der Waals surface area contributed by atoms with E-state index in [1.165, 1.54) is 30.1 Å². The quantitative estimate of drug-likeness (QED) is 0.239. The van der Waals surface area contributed by atoms with Gasteiger partial charge in [0.1, 0.15) is 5.82 Å². The van der Waals surface area contributed by atoms with E-state index < -0.39 is 4.92 Å². The minimum Gasteiger partial charge on any atom is -0.297 e. The van der Waals surface area contributed by atoms with E-state index in [4.69, 9.17) is 0 Å². The zero-order valence-corrected chi connectivity index (χ0v) is 17.9. The number of pyridine rings is 1. The van der Waals surface area contributed by atoms with E-state index in [1.54, 1.807) is 36.5 Å². The van der Waals surface area contributed by atoms with E-state index >= 15 is 0 Å². The second-order valence-electron chi connectivity index (χ2n) is 7.22. The van der Waals surface area contributed by atoms with Gasteiger partial charge < -0.3 is 0 Å². The number of nitrogens with zero attached hydrogens (tertiary/aromatic N) is 5. The highest BCUT2D eigenvalue weighted by Crippen LogP contribution is 2.37. The maximum Gasteiger partial charge on any atom is 0.278 e. The summed E-state index contributed by atoms with van der Waals surface area (Å²) in [5.74, 6) is 0.0231. The molecule has 2 aromatic heterocycles. The van der Waals surface area contributed by atoms with Crippen LogP contribution in [0.15, 0.2) is 95.2 Å². The zero-order valence-electron chi connectivity index (χ0n) is 17.1. The van der Waals surface area contributed by atoms with Gasteiger partial charge >= 0.3 is 0 Å². The van der Waals surface area contributed by atoms with E-state index in [1.807, 2.05) is 34.9 Å². The molecule has 5 rings (SSSR count). The second-order valence-corrected chi connectivity index (χ2v) is 8.23. The Balaban J connectivity index is 1.63. The molecule has 0 aliphatic heterocycles. The van der Waals surface area contributed by atoms with Crippen molar-refractivity contribution in [1.29, 1.82) is 0 Å². The van der Waals surface area contributed by atoms with E-state index in [0.29, 0.717) is 33.9 Å². The van der Waals surface area contributed by atoms with Crippen molar-refractivity contribution in [2.75, 3.05) is 0 Å². The summed E-state index contributed by atoms with van der Waals surface area (Å²) >= 11 is 1.32. The number of benzene rings is 3. The van der Waals surface area contributed by atoms with Gasteiger partial charge in [-0.05, 0) is 41.6 Å². The molecule has 0 atom stereocenters. The van der Waals surface area contributed by atoms with Gasteiger partial charge in [-0.1, -0.05) is 42.5 Å². The fraction of sp³-hybridized carbons (Fsp3) is 0.0417. The smallest absolute Gasteiger partial charge is 0.278 e. The van der Waals surface area contributed by atoms with Crippen molar-refractivity contribution >= 4 is 28.2 Å². The van der Waals surface area contributed by atoms with Crippen LogP contribution in [0.3, 0.4) is 0 Å². The number of fused-ring (bicyclic) bond motifs is 1. The number of rotatable bonds is 6. The molecule has 0 unspecified atom stereocenters. The van der Waals surface area contributed by atoms with Gasteiger partial charge in [-0.2, -0.15) is 0 Å². The van der Waals surface area contributed by atoms with Crippen molar-refractivity contribution in [3.63, 3.8) is 0 Å². The average molecular weight is 457 g/mol. The number of non-ortho nitro benzene ring substituents is 1. The van der Waals surface area contributed by atoms with Gasteiger partial charge in [-0.3, -0.25) is 19.7 Å². The molecule has 0 saturated heterocycles. The third-order valence-corrected chi connectivity index (χ3v) is 6.23. The third kappa shape index (κ3) is 4.06. The highest BCUT2D eigenvalue weighted by Gasteiger charge is 2.20. The Kier molecular flexibility index (Phi) is 5.54. The fourth-order valence-corrected chi connectivity index (χ4v) is 4.57. The number of aromatic nitrogens is 4. The molecular weight excluding hydrogens is 441 g/mol. The number of nitro groups is 1. The maximum absolute atomic E-state index is 14.6. The van der Waals surface area contributed by atoms with Crippen LogP contribution in [0.2, 0.25) is 0 Å². The normalized spacial score (nSPS) is 11.1. The molecule has 0 aliphatic carbocycles. The van der Waals surface area contributed by atoms with E-state index in [2.05, 4.69) is 15.2 Å². The summed E-state index contributed by atoms with van der Waals surface area (Å²) in [5, 5.41) is 21.8. The predicted octanol–water partition coefficient (Wildman–Crippen LogP) is 5.74. The van der Waals surface area contributed by atoms with Gasteiger partial charge in [0.05, 0.1) is 22.4 Å². The number of hydrogen-bond acceptors (Lipinski definition) is 6. The first-order chi connectivity index (χ1) is 16.1. The highest BCUT2D eigenvalue weighted by atomic mass is 32.2. The molecule has 5 aromatic rings. The average Bonchev–Trinajstić information content (AvgIpc) is 3.21. The molecule has 33 heavy (non-hydrogen) atoms. The minimum atomic E-state index is -0.424. The molecule has 162 valence electrons. The molecule has 0 spiro atoms. The Labute approximate surface area is 192 Å². The van der Waals surface area contributed by atoms with Gasteiger partial charge in [0, 0.05) is 28.7 Å². The zero-order chi connectivity index (χ0) is 22.8. The van der Waals surface area contributed by atoms with Gasteiger partial charge in [0.2, 0.25) is 0 Å². The highest BCUT2D eigenvalue weighted by molar-refractivity contribution is 7.99.